The van der Waals surface area contributed by atoms with Crippen molar-refractivity contribution in [2.75, 3.05) is 11.9 Å². The first kappa shape index (κ1) is 15.4. The number of carbonyl (C=O) groups excluding carboxylic acids is 1. The molecule has 0 heterocycles. The fourth-order valence-electron chi connectivity index (χ4n) is 2.23. The number of amides is 2. The van der Waals surface area contributed by atoms with Crippen molar-refractivity contribution >= 4 is 23.3 Å². The van der Waals surface area contributed by atoms with Crippen LogP contribution in [0, 0.1) is 13.8 Å². The Hall–Kier alpha value is -2.00. The molecule has 2 amide bonds. The number of aryl methyl sites for hydroxylation is 2. The van der Waals surface area contributed by atoms with Gasteiger partial charge in [-0.2, -0.15) is 0 Å². The molecule has 4 heteroatoms. The highest BCUT2D eigenvalue weighted by Crippen LogP contribution is 2.13. The lowest BCUT2D eigenvalue weighted by Crippen LogP contribution is -2.30. The monoisotopic (exact) mass is 302 g/mol. The third kappa shape index (κ3) is 5.12. The van der Waals surface area contributed by atoms with Gasteiger partial charge in [0.1, 0.15) is 0 Å². The molecule has 0 aliphatic heterocycles. The number of benzene rings is 2. The van der Waals surface area contributed by atoms with Crippen molar-refractivity contribution in [3.05, 3.63) is 64.2 Å². The van der Waals surface area contributed by atoms with Crippen LogP contribution < -0.4 is 10.6 Å². The molecule has 0 atom stereocenters. The highest BCUT2D eigenvalue weighted by atomic mass is 35.5. The molecule has 0 bridgehead atoms. The van der Waals surface area contributed by atoms with Crippen LogP contribution in [0.1, 0.15) is 16.7 Å². The SMILES string of the molecule is Cc1cc(C)cc(NC(=O)NCCc2cccc(Cl)c2)c1. The van der Waals surface area contributed by atoms with E-state index >= 15 is 0 Å². The molecule has 21 heavy (non-hydrogen) atoms. The normalized spacial score (nSPS) is 10.2. The van der Waals surface area contributed by atoms with Gasteiger partial charge >= 0.3 is 6.03 Å². The number of hydrogen-bond acceptors (Lipinski definition) is 1. The maximum atomic E-state index is 11.8. The van der Waals surface area contributed by atoms with Crippen molar-refractivity contribution in [1.82, 2.24) is 5.32 Å². The van der Waals surface area contributed by atoms with E-state index in [2.05, 4.69) is 16.7 Å². The van der Waals surface area contributed by atoms with Crippen LogP contribution in [0.4, 0.5) is 10.5 Å². The van der Waals surface area contributed by atoms with Gasteiger partial charge in [0.05, 0.1) is 0 Å². The Labute approximate surface area is 130 Å². The number of urea groups is 1. The predicted molar refractivity (Wildman–Crippen MR) is 88.1 cm³/mol. The lowest BCUT2D eigenvalue weighted by Gasteiger charge is -2.09. The third-order valence-electron chi connectivity index (χ3n) is 3.07. The summed E-state index contributed by atoms with van der Waals surface area (Å²) >= 11 is 5.92. The Morgan fingerprint density at radius 1 is 1.10 bits per heavy atom. The van der Waals surface area contributed by atoms with Crippen LogP contribution in [-0.4, -0.2) is 12.6 Å². The minimum Gasteiger partial charge on any atom is -0.338 e. The molecule has 0 saturated heterocycles. The van der Waals surface area contributed by atoms with Crippen LogP contribution in [0.3, 0.4) is 0 Å². The van der Waals surface area contributed by atoms with Gasteiger partial charge in [-0.1, -0.05) is 29.8 Å². The second kappa shape index (κ2) is 7.14. The van der Waals surface area contributed by atoms with E-state index in [4.69, 9.17) is 11.6 Å². The molecule has 0 aliphatic rings. The van der Waals surface area contributed by atoms with E-state index < -0.39 is 0 Å². The van der Waals surface area contributed by atoms with Crippen molar-refractivity contribution in [2.24, 2.45) is 0 Å². The van der Waals surface area contributed by atoms with Gasteiger partial charge in [-0.3, -0.25) is 0 Å². The molecule has 110 valence electrons. The van der Waals surface area contributed by atoms with Gasteiger partial charge in [-0.15, -0.1) is 0 Å². The Bertz CT molecular complexity index is 620. The van der Waals surface area contributed by atoms with Crippen molar-refractivity contribution in [3.63, 3.8) is 0 Å². The first-order valence-corrected chi connectivity index (χ1v) is 7.28. The van der Waals surface area contributed by atoms with E-state index in [0.29, 0.717) is 11.6 Å². The van der Waals surface area contributed by atoms with E-state index in [1.165, 1.54) is 0 Å². The van der Waals surface area contributed by atoms with E-state index in [1.54, 1.807) is 0 Å². The molecule has 2 aromatic carbocycles. The van der Waals surface area contributed by atoms with Crippen LogP contribution >= 0.6 is 11.6 Å². The van der Waals surface area contributed by atoms with Gasteiger partial charge in [0.2, 0.25) is 0 Å². The first-order chi connectivity index (χ1) is 10.0. The summed E-state index contributed by atoms with van der Waals surface area (Å²) in [5, 5.41) is 6.40. The molecule has 3 nitrogen and oxygen atoms in total. The number of anilines is 1. The Kier molecular flexibility index (Phi) is 5.23. The third-order valence-corrected chi connectivity index (χ3v) is 3.30. The minimum atomic E-state index is -0.193. The molecule has 0 aliphatic carbocycles. The van der Waals surface area contributed by atoms with E-state index in [0.717, 1.165) is 28.8 Å². The Morgan fingerprint density at radius 2 is 1.81 bits per heavy atom. The highest BCUT2D eigenvalue weighted by Gasteiger charge is 2.02. The topological polar surface area (TPSA) is 41.1 Å². The van der Waals surface area contributed by atoms with Gasteiger partial charge in [0.15, 0.2) is 0 Å². The van der Waals surface area contributed by atoms with E-state index in [1.807, 2.05) is 50.2 Å². The van der Waals surface area contributed by atoms with Gasteiger partial charge in [0, 0.05) is 17.3 Å². The molecular weight excluding hydrogens is 284 g/mol. The molecule has 0 fully saturated rings. The Morgan fingerprint density at radius 3 is 2.48 bits per heavy atom. The fourth-order valence-corrected chi connectivity index (χ4v) is 2.45. The smallest absolute Gasteiger partial charge is 0.319 e. The number of halogens is 1. The molecule has 0 spiro atoms. The lowest BCUT2D eigenvalue weighted by molar-refractivity contribution is 0.252. The van der Waals surface area contributed by atoms with Gasteiger partial charge in [-0.25, -0.2) is 4.79 Å². The average Bonchev–Trinajstić information content (AvgIpc) is 2.37. The molecule has 0 saturated carbocycles. The zero-order valence-electron chi connectivity index (χ0n) is 12.2. The number of nitrogens with one attached hydrogen (secondary N) is 2. The fraction of sp³-hybridized carbons (Fsp3) is 0.235. The van der Waals surface area contributed by atoms with Crippen LogP contribution in [0.25, 0.3) is 0 Å². The Balaban J connectivity index is 1.82. The number of carbonyl (C=O) groups is 1. The summed E-state index contributed by atoms with van der Waals surface area (Å²) < 4.78 is 0. The summed E-state index contributed by atoms with van der Waals surface area (Å²) in [5.41, 5.74) is 4.18. The predicted octanol–water partition coefficient (Wildman–Crippen LogP) is 4.32. The van der Waals surface area contributed by atoms with Gasteiger partial charge in [0.25, 0.3) is 0 Å². The number of rotatable bonds is 4. The van der Waals surface area contributed by atoms with Crippen LogP contribution in [0.2, 0.25) is 5.02 Å². The summed E-state index contributed by atoms with van der Waals surface area (Å²) in [6.07, 6.45) is 0.751. The molecule has 0 radical (unpaired) electrons. The molecule has 2 rings (SSSR count). The largest absolute Gasteiger partial charge is 0.338 e. The second-order valence-electron chi connectivity index (χ2n) is 5.14. The molecule has 2 aromatic rings. The molecule has 2 N–H and O–H groups in total. The quantitative estimate of drug-likeness (QED) is 0.867. The zero-order valence-corrected chi connectivity index (χ0v) is 13.0. The summed E-state index contributed by atoms with van der Waals surface area (Å²) in [5.74, 6) is 0. The van der Waals surface area contributed by atoms with E-state index in [-0.39, 0.29) is 6.03 Å². The summed E-state index contributed by atoms with van der Waals surface area (Å²) in [6.45, 7) is 4.58. The van der Waals surface area contributed by atoms with Crippen molar-refractivity contribution < 1.29 is 4.79 Å². The maximum absolute atomic E-state index is 11.8. The van der Waals surface area contributed by atoms with Crippen LogP contribution in [0.15, 0.2) is 42.5 Å². The molecular formula is C17H19ClN2O. The summed E-state index contributed by atoms with van der Waals surface area (Å²) in [4.78, 5) is 11.8. The molecule has 0 aromatic heterocycles. The van der Waals surface area contributed by atoms with Crippen molar-refractivity contribution in [3.8, 4) is 0 Å². The average molecular weight is 303 g/mol. The number of hydrogen-bond donors (Lipinski definition) is 2. The standard InChI is InChI=1S/C17H19ClN2O/c1-12-8-13(2)10-16(9-12)20-17(21)19-7-6-14-4-3-5-15(18)11-14/h3-5,8-11H,6-7H2,1-2H3,(H2,19,20,21). The van der Waals surface area contributed by atoms with Crippen LogP contribution in [0.5, 0.6) is 0 Å². The summed E-state index contributed by atoms with van der Waals surface area (Å²) in [6, 6.07) is 13.4. The zero-order chi connectivity index (χ0) is 15.2. The van der Waals surface area contributed by atoms with E-state index in [9.17, 15) is 4.79 Å². The minimum absolute atomic E-state index is 0.193. The second-order valence-corrected chi connectivity index (χ2v) is 5.57. The maximum Gasteiger partial charge on any atom is 0.319 e. The summed E-state index contributed by atoms with van der Waals surface area (Å²) in [7, 11) is 0. The first-order valence-electron chi connectivity index (χ1n) is 6.90. The van der Waals surface area contributed by atoms with Gasteiger partial charge < -0.3 is 10.6 Å². The molecule has 0 unspecified atom stereocenters. The van der Waals surface area contributed by atoms with Crippen LogP contribution in [-0.2, 0) is 6.42 Å². The van der Waals surface area contributed by atoms with Gasteiger partial charge in [-0.05, 0) is 61.2 Å². The highest BCUT2D eigenvalue weighted by molar-refractivity contribution is 6.30. The van der Waals surface area contributed by atoms with Crippen molar-refractivity contribution in [1.29, 1.82) is 0 Å². The lowest BCUT2D eigenvalue weighted by atomic mass is 10.1. The van der Waals surface area contributed by atoms with Crippen molar-refractivity contribution in [2.45, 2.75) is 20.3 Å².